The van der Waals surface area contributed by atoms with Crippen molar-refractivity contribution in [1.82, 2.24) is 10.6 Å². The Morgan fingerprint density at radius 3 is 2.59 bits per heavy atom. The maximum absolute atomic E-state index is 11.9. The lowest BCUT2D eigenvalue weighted by Crippen LogP contribution is -2.37. The summed E-state index contributed by atoms with van der Waals surface area (Å²) < 4.78 is 4.89. The number of hydrogen-bond donors (Lipinski definition) is 4. The molecule has 22 heavy (non-hydrogen) atoms. The lowest BCUT2D eigenvalue weighted by Gasteiger charge is -2.11. The number of esters is 1. The van der Waals surface area contributed by atoms with Crippen molar-refractivity contribution in [3.05, 3.63) is 29.8 Å². The number of carbonyl (C=O) groups is 3. The monoisotopic (exact) mass is 309 g/mol. The molecule has 0 saturated carbocycles. The average molecular weight is 309 g/mol. The summed E-state index contributed by atoms with van der Waals surface area (Å²) in [7, 11) is 1.45. The second kappa shape index (κ2) is 9.35. The van der Waals surface area contributed by atoms with Gasteiger partial charge in [-0.2, -0.15) is 0 Å². The van der Waals surface area contributed by atoms with E-state index in [2.05, 4.69) is 16.0 Å². The number of rotatable bonds is 8. The van der Waals surface area contributed by atoms with Crippen LogP contribution < -0.4 is 16.0 Å². The van der Waals surface area contributed by atoms with Gasteiger partial charge in [-0.15, -0.1) is 0 Å². The number of benzene rings is 1. The molecule has 4 N–H and O–H groups in total. The molecule has 1 aromatic rings. The van der Waals surface area contributed by atoms with Crippen LogP contribution in [0.15, 0.2) is 24.3 Å². The van der Waals surface area contributed by atoms with Crippen LogP contribution in [-0.4, -0.2) is 56.2 Å². The molecular weight excluding hydrogens is 290 g/mol. The van der Waals surface area contributed by atoms with Crippen molar-refractivity contribution in [3.63, 3.8) is 0 Å². The number of para-hydroxylation sites is 1. The zero-order valence-electron chi connectivity index (χ0n) is 12.2. The summed E-state index contributed by atoms with van der Waals surface area (Å²) in [5.41, 5.74) is 0.766. The number of anilines is 1. The van der Waals surface area contributed by atoms with Crippen LogP contribution in [0.4, 0.5) is 5.69 Å². The van der Waals surface area contributed by atoms with E-state index in [0.29, 0.717) is 5.69 Å². The van der Waals surface area contributed by atoms with Crippen molar-refractivity contribution in [2.45, 2.75) is 0 Å². The predicted octanol–water partition coefficient (Wildman–Crippen LogP) is -0.890. The second-order valence-electron chi connectivity index (χ2n) is 4.22. The summed E-state index contributed by atoms with van der Waals surface area (Å²) >= 11 is 0. The third-order valence-electron chi connectivity index (χ3n) is 2.63. The SMILES string of the molecule is CNC(=O)CNC(=O)COC(=O)c1ccccc1NCCO. The average Bonchev–Trinajstić information content (AvgIpc) is 2.55. The van der Waals surface area contributed by atoms with Crippen LogP contribution in [0, 0.1) is 0 Å². The van der Waals surface area contributed by atoms with Crippen molar-refractivity contribution in [2.75, 3.05) is 38.7 Å². The van der Waals surface area contributed by atoms with E-state index in [1.54, 1.807) is 24.3 Å². The summed E-state index contributed by atoms with van der Waals surface area (Å²) in [5, 5.41) is 16.3. The molecule has 0 saturated heterocycles. The highest BCUT2D eigenvalue weighted by Crippen LogP contribution is 2.15. The number of hydrogen-bond acceptors (Lipinski definition) is 6. The summed E-state index contributed by atoms with van der Waals surface area (Å²) in [5.74, 6) is -1.59. The van der Waals surface area contributed by atoms with Crippen LogP contribution >= 0.6 is 0 Å². The standard InChI is InChI=1S/C14H19N3O5/c1-15-12(19)8-17-13(20)9-22-14(21)10-4-2-3-5-11(10)16-6-7-18/h2-5,16,18H,6-9H2,1H3,(H,15,19)(H,17,20). The van der Waals surface area contributed by atoms with E-state index in [1.165, 1.54) is 7.05 Å². The Morgan fingerprint density at radius 1 is 1.18 bits per heavy atom. The number of ether oxygens (including phenoxy) is 1. The van der Waals surface area contributed by atoms with E-state index in [9.17, 15) is 14.4 Å². The van der Waals surface area contributed by atoms with Gasteiger partial charge in [0.15, 0.2) is 6.61 Å². The van der Waals surface area contributed by atoms with Gasteiger partial charge in [-0.05, 0) is 12.1 Å². The molecule has 0 aromatic heterocycles. The van der Waals surface area contributed by atoms with Gasteiger partial charge in [0.1, 0.15) is 0 Å². The quantitative estimate of drug-likeness (QED) is 0.463. The number of aliphatic hydroxyl groups excluding tert-OH is 1. The Labute approximate surface area is 127 Å². The molecule has 0 fully saturated rings. The van der Waals surface area contributed by atoms with E-state index in [-0.39, 0.29) is 31.2 Å². The molecule has 8 nitrogen and oxygen atoms in total. The molecule has 8 heteroatoms. The molecule has 2 amide bonds. The first-order valence-corrected chi connectivity index (χ1v) is 6.66. The predicted molar refractivity (Wildman–Crippen MR) is 79.4 cm³/mol. The van der Waals surface area contributed by atoms with Crippen LogP contribution in [0.1, 0.15) is 10.4 Å². The number of amides is 2. The fourth-order valence-corrected chi connectivity index (χ4v) is 1.53. The van der Waals surface area contributed by atoms with Gasteiger partial charge in [0, 0.05) is 19.3 Å². The molecule has 0 atom stereocenters. The third kappa shape index (κ3) is 5.80. The number of aliphatic hydroxyl groups is 1. The first-order chi connectivity index (χ1) is 10.6. The molecular formula is C14H19N3O5. The third-order valence-corrected chi connectivity index (χ3v) is 2.63. The van der Waals surface area contributed by atoms with E-state index in [1.807, 2.05) is 0 Å². The molecule has 0 radical (unpaired) electrons. The summed E-state index contributed by atoms with van der Waals surface area (Å²) in [6.45, 7) is -0.451. The molecule has 0 spiro atoms. The summed E-state index contributed by atoms with van der Waals surface area (Å²) in [4.78, 5) is 34.3. The smallest absolute Gasteiger partial charge is 0.340 e. The van der Waals surface area contributed by atoms with Gasteiger partial charge in [-0.1, -0.05) is 12.1 Å². The van der Waals surface area contributed by atoms with Gasteiger partial charge in [-0.25, -0.2) is 4.79 Å². The van der Waals surface area contributed by atoms with Gasteiger partial charge < -0.3 is 25.8 Å². The highest BCUT2D eigenvalue weighted by Gasteiger charge is 2.14. The first-order valence-electron chi connectivity index (χ1n) is 6.66. The largest absolute Gasteiger partial charge is 0.452 e. The minimum Gasteiger partial charge on any atom is -0.452 e. The maximum atomic E-state index is 11.9. The van der Waals surface area contributed by atoms with Crippen molar-refractivity contribution < 1.29 is 24.2 Å². The topological polar surface area (TPSA) is 117 Å². The lowest BCUT2D eigenvalue weighted by molar-refractivity contribution is -0.127. The van der Waals surface area contributed by atoms with Gasteiger partial charge in [0.25, 0.3) is 5.91 Å². The Kier molecular flexibility index (Phi) is 7.41. The Hall–Kier alpha value is -2.61. The zero-order valence-corrected chi connectivity index (χ0v) is 12.2. The minimum atomic E-state index is -0.670. The Balaban J connectivity index is 2.51. The van der Waals surface area contributed by atoms with Crippen LogP contribution in [0.3, 0.4) is 0 Å². The highest BCUT2D eigenvalue weighted by atomic mass is 16.5. The molecule has 0 unspecified atom stereocenters. The van der Waals surface area contributed by atoms with Crippen LogP contribution in [0.5, 0.6) is 0 Å². The van der Waals surface area contributed by atoms with Gasteiger partial charge in [0.05, 0.1) is 18.7 Å². The van der Waals surface area contributed by atoms with E-state index in [4.69, 9.17) is 9.84 Å². The number of likely N-dealkylation sites (N-methyl/N-ethyl adjacent to an activating group) is 1. The molecule has 0 aliphatic heterocycles. The van der Waals surface area contributed by atoms with E-state index >= 15 is 0 Å². The molecule has 1 rings (SSSR count). The summed E-state index contributed by atoms with van der Waals surface area (Å²) in [6.07, 6.45) is 0. The van der Waals surface area contributed by atoms with Crippen LogP contribution in [0.2, 0.25) is 0 Å². The van der Waals surface area contributed by atoms with Crippen molar-refractivity contribution in [1.29, 1.82) is 0 Å². The summed E-state index contributed by atoms with van der Waals surface area (Å²) in [6, 6.07) is 6.60. The van der Waals surface area contributed by atoms with Crippen molar-refractivity contribution >= 4 is 23.5 Å². The van der Waals surface area contributed by atoms with Gasteiger partial charge in [0.2, 0.25) is 5.91 Å². The second-order valence-corrected chi connectivity index (χ2v) is 4.22. The van der Waals surface area contributed by atoms with Crippen molar-refractivity contribution in [3.8, 4) is 0 Å². The minimum absolute atomic E-state index is 0.0781. The first kappa shape index (κ1) is 17.4. The lowest BCUT2D eigenvalue weighted by atomic mass is 10.2. The van der Waals surface area contributed by atoms with Gasteiger partial charge >= 0.3 is 5.97 Å². The molecule has 0 aliphatic rings. The van der Waals surface area contributed by atoms with Crippen LogP contribution in [0.25, 0.3) is 0 Å². The highest BCUT2D eigenvalue weighted by molar-refractivity contribution is 5.97. The molecule has 0 bridgehead atoms. The number of carbonyl (C=O) groups excluding carboxylic acids is 3. The fourth-order valence-electron chi connectivity index (χ4n) is 1.53. The molecule has 0 aliphatic carbocycles. The molecule has 1 aromatic carbocycles. The van der Waals surface area contributed by atoms with E-state index in [0.717, 1.165) is 0 Å². The molecule has 120 valence electrons. The molecule has 0 heterocycles. The van der Waals surface area contributed by atoms with Crippen LogP contribution in [-0.2, 0) is 14.3 Å². The number of nitrogens with one attached hydrogen (secondary N) is 3. The maximum Gasteiger partial charge on any atom is 0.340 e. The zero-order chi connectivity index (χ0) is 16.4. The van der Waals surface area contributed by atoms with Gasteiger partial charge in [-0.3, -0.25) is 9.59 Å². The normalized spacial score (nSPS) is 9.73. The Bertz CT molecular complexity index is 533. The van der Waals surface area contributed by atoms with Crippen molar-refractivity contribution in [2.24, 2.45) is 0 Å². The van der Waals surface area contributed by atoms with E-state index < -0.39 is 18.5 Å². The fraction of sp³-hybridized carbons (Fsp3) is 0.357. The Morgan fingerprint density at radius 2 is 1.91 bits per heavy atom.